The summed E-state index contributed by atoms with van der Waals surface area (Å²) < 4.78 is 241. The summed E-state index contributed by atoms with van der Waals surface area (Å²) in [5, 5.41) is -15.0. The Morgan fingerprint density at radius 1 is 0.338 bits per heavy atom. The van der Waals surface area contributed by atoms with E-state index in [1.807, 2.05) is 0 Å². The quantitative estimate of drug-likeness (QED) is 0.0131. The van der Waals surface area contributed by atoms with Crippen molar-refractivity contribution in [2.24, 2.45) is 29.6 Å². The van der Waals surface area contributed by atoms with Gasteiger partial charge < -0.3 is 46.4 Å². The maximum Gasteiger partial charge on any atom is 0.428 e. The fourth-order valence-corrected chi connectivity index (χ4v) is 9.78. The second-order valence-corrected chi connectivity index (χ2v) is 34.4. The van der Waals surface area contributed by atoms with Gasteiger partial charge in [0.2, 0.25) is 0 Å². The van der Waals surface area contributed by atoms with Crippen LogP contribution < -0.4 is 0 Å². The van der Waals surface area contributed by atoms with E-state index in [4.69, 9.17) is 0 Å². The van der Waals surface area contributed by atoms with E-state index in [0.29, 0.717) is 18.3 Å². The summed E-state index contributed by atoms with van der Waals surface area (Å²) in [6.07, 6.45) is 10.1. The largest absolute Gasteiger partial charge is 0.748 e. The molecule has 130 heavy (non-hydrogen) atoms. The molecule has 770 valence electrons. The lowest BCUT2D eigenvalue weighted by molar-refractivity contribution is -0.166. The summed E-state index contributed by atoms with van der Waals surface area (Å²) in [5.41, 5.74) is 7.31. The Morgan fingerprint density at radius 2 is 0.562 bits per heavy atom. The number of aryl methyl sites for hydroxylation is 3. The lowest BCUT2D eigenvalue weighted by Crippen LogP contribution is -2.40. The summed E-state index contributed by atoms with van der Waals surface area (Å²) >= 11 is 0. The number of esters is 5. The standard InChI is InChI=1S/2C12H18.3C11H16.C6H10F2O5S.C5H10O5S.2C4H6F2O5S.C3H6O5S.10CH4.5CH3/c2*1-10(2)9-11(3)12-7-5-4-6-8-12;3*1-10(2)8-9-11-6-4-3-5-7-11;1-3-4(2)13-5(9)6(7,8)14(10,11)12;1-2-3-10-5(6)4-11(7,8)9;2*1-2-11-3(7)4(5,6)12(8,9)10;1-8-3(4)2-9(5,6)7;;;;;;;;;;;;;;;/h2*4-8,10-11H,9H2,1-3H3;3*3-7,10H,8-9H2,1-2H3;4H,3H2,1-2H3,(H,10,11,12);2-4H2,1H3,(H,7,8,9);2*2H2,1H3,(H,8,9,10);2H2,1H3,(H,5,6,7);10*1H4;5*1H3/q;;;;;;;;;;;;;;;;;;;;5*+1/p-5. The molecule has 0 aliphatic carbocycles. The molecule has 5 aromatic carbocycles. The van der Waals surface area contributed by atoms with Crippen molar-refractivity contribution in [1.29, 1.82) is 0 Å². The highest BCUT2D eigenvalue weighted by atomic mass is 32.2. The normalized spacial score (nSPS) is 10.8. The smallest absolute Gasteiger partial charge is 0.428 e. The zero-order chi connectivity index (χ0) is 90.2. The van der Waals surface area contributed by atoms with Gasteiger partial charge in [-0.05, 0) is 154 Å². The highest BCUT2D eigenvalue weighted by Gasteiger charge is 2.50. The maximum atomic E-state index is 12.4. The van der Waals surface area contributed by atoms with Crippen molar-refractivity contribution in [3.05, 3.63) is 217 Å². The van der Waals surface area contributed by atoms with Crippen LogP contribution in [-0.4, -0.2) is 155 Å². The molecule has 0 bridgehead atoms. The Bertz CT molecular complexity index is 3800. The van der Waals surface area contributed by atoms with E-state index in [2.05, 4.69) is 258 Å². The minimum absolute atomic E-state index is 0. The number of halogens is 6. The Labute approximate surface area is 789 Å². The van der Waals surface area contributed by atoms with Gasteiger partial charge in [-0.15, -0.1) is 0 Å². The van der Waals surface area contributed by atoms with Crippen molar-refractivity contribution in [2.75, 3.05) is 38.4 Å². The Kier molecular flexibility index (Phi) is 119. The second-order valence-electron chi connectivity index (χ2n) is 27.3. The van der Waals surface area contributed by atoms with Gasteiger partial charge in [0.05, 0.1) is 33.0 Å². The van der Waals surface area contributed by atoms with Crippen LogP contribution in [0.2, 0.25) is 0 Å². The van der Waals surface area contributed by atoms with Gasteiger partial charge in [-0.3, -0.25) is 9.59 Å². The van der Waals surface area contributed by atoms with E-state index in [0.717, 1.165) is 36.7 Å². The highest BCUT2D eigenvalue weighted by Crippen LogP contribution is 2.26. The van der Waals surface area contributed by atoms with Gasteiger partial charge in [0.25, 0.3) is 0 Å². The van der Waals surface area contributed by atoms with Crippen LogP contribution in [0.1, 0.15) is 277 Å². The average molecular weight is 1980 g/mol. The van der Waals surface area contributed by atoms with Crippen molar-refractivity contribution >= 4 is 80.4 Å². The van der Waals surface area contributed by atoms with E-state index < -0.39 is 127 Å². The number of rotatable bonds is 31. The number of benzene rings is 5. The molecule has 0 aromatic heterocycles. The Hall–Kier alpha value is -8.07. The Morgan fingerprint density at radius 3 is 0.738 bits per heavy atom. The van der Waals surface area contributed by atoms with Gasteiger partial charge in [-0.2, -0.15) is 26.3 Å². The van der Waals surface area contributed by atoms with Gasteiger partial charge >= 0.3 is 45.6 Å². The number of carbonyl (C=O) groups excluding carboxylic acids is 5. The molecule has 0 aliphatic heterocycles. The maximum absolute atomic E-state index is 12.4. The molecular weight excluding hydrogens is 1800 g/mol. The molecule has 3 unspecified atom stereocenters. The molecule has 0 aliphatic rings. The number of carbonyl (C=O) groups is 5. The van der Waals surface area contributed by atoms with Crippen LogP contribution in [0.4, 0.5) is 26.3 Å². The SMILES string of the molecule is C.C.C.C.C.C.C.C.C.C.CC(C)CC(C)c1ccccc1.CC(C)CC(C)c1ccccc1.CC(C)CCc1ccccc1.CC(C)CCc1ccccc1.CC(C)CCc1ccccc1.CCC(C)OC(=O)C(F)(F)S(=O)(=O)[O-].CCCOC(=O)CS(=O)(=O)[O-].CCOC(=O)C(F)(F)S(=O)(=O)[O-].CCOC(=O)C(F)(F)S(=O)(=O)[O-].COC(=O)CS(=O)(=O)[O-].[CH3+].[CH3+].[CH3+].[CH3+].[CH3+]. The highest BCUT2D eigenvalue weighted by molar-refractivity contribution is 7.88. The second kappa shape index (κ2) is 90.1. The van der Waals surface area contributed by atoms with E-state index in [9.17, 15) is 115 Å². The van der Waals surface area contributed by atoms with Gasteiger partial charge in [0, 0.05) is 37.1 Å². The van der Waals surface area contributed by atoms with E-state index in [1.54, 1.807) is 13.8 Å². The summed E-state index contributed by atoms with van der Waals surface area (Å²) in [7, 11) is -25.9. The first-order chi connectivity index (χ1) is 52.8. The molecule has 3 atom stereocenters. The van der Waals surface area contributed by atoms with Crippen LogP contribution >= 0.6 is 0 Å². The number of alkyl halides is 6. The molecule has 5 aromatic rings. The Balaban J connectivity index is -0.0000000568. The summed E-state index contributed by atoms with van der Waals surface area (Å²) in [5.74, 6) is -5.79. The fraction of sp³-hybridized carbons (Fsp3) is 0.574. The minimum Gasteiger partial charge on any atom is -0.748 e. The van der Waals surface area contributed by atoms with Crippen LogP contribution in [0.25, 0.3) is 0 Å². The minimum atomic E-state index is -6.01. The van der Waals surface area contributed by atoms with Crippen molar-refractivity contribution in [1.82, 2.24) is 0 Å². The predicted molar refractivity (Wildman–Crippen MR) is 522 cm³/mol. The number of hydrogen-bond donors (Lipinski definition) is 0. The molecule has 0 radical (unpaired) electrons. The van der Waals surface area contributed by atoms with Crippen molar-refractivity contribution in [2.45, 2.75) is 290 Å². The van der Waals surface area contributed by atoms with Crippen molar-refractivity contribution in [3.63, 3.8) is 0 Å². The molecular formula is C94H172F6O25S5. The van der Waals surface area contributed by atoms with Crippen LogP contribution in [0.15, 0.2) is 152 Å². The predicted octanol–water partition coefficient (Wildman–Crippen LogP) is 24.1. The molecule has 25 nitrogen and oxygen atoms in total. The van der Waals surface area contributed by atoms with Gasteiger partial charge in [0.15, 0.2) is 30.4 Å². The lowest BCUT2D eigenvalue weighted by Gasteiger charge is -2.20. The third-order valence-electron chi connectivity index (χ3n) is 14.3. The van der Waals surface area contributed by atoms with Crippen molar-refractivity contribution in [3.8, 4) is 0 Å². The molecule has 5 rings (SSSR count). The molecule has 0 saturated heterocycles. The molecule has 0 saturated carbocycles. The van der Waals surface area contributed by atoms with Gasteiger partial charge in [-0.1, -0.05) is 323 Å². The van der Waals surface area contributed by atoms with E-state index in [-0.39, 0.29) is 124 Å². The number of methoxy groups -OCH3 is 1. The lowest BCUT2D eigenvalue weighted by atomic mass is 9.92. The third-order valence-corrected chi connectivity index (χ3v) is 17.9. The topological polar surface area (TPSA) is 417 Å². The first-order valence-corrected chi connectivity index (χ1v) is 44.0. The summed E-state index contributed by atoms with van der Waals surface area (Å²) in [6.45, 7) is 33.6. The summed E-state index contributed by atoms with van der Waals surface area (Å²) in [4.78, 5) is 51.3. The molecule has 0 amide bonds. The average Bonchev–Trinajstić information content (AvgIpc) is 0.890. The number of ether oxygens (including phenoxy) is 5. The molecule has 36 heteroatoms. The fourth-order valence-electron chi connectivity index (χ4n) is 8.23. The number of hydrogen-bond acceptors (Lipinski definition) is 25. The first kappa shape index (κ1) is 172. The first-order valence-electron chi connectivity index (χ1n) is 36.6. The molecule has 0 heterocycles. The zero-order valence-electron chi connectivity index (χ0n) is 73.7. The molecule has 0 N–H and O–H groups in total. The van der Waals surface area contributed by atoms with Gasteiger partial charge in [-0.25, -0.2) is 56.5 Å². The van der Waals surface area contributed by atoms with Crippen molar-refractivity contribution < 1.29 is 139 Å². The molecule has 0 fully saturated rings. The molecule has 0 spiro atoms. The van der Waals surface area contributed by atoms with E-state index >= 15 is 0 Å². The zero-order valence-corrected chi connectivity index (χ0v) is 77.8. The van der Waals surface area contributed by atoms with Crippen LogP contribution in [-0.2, 0) is 118 Å². The van der Waals surface area contributed by atoms with Crippen LogP contribution in [0.5, 0.6) is 0 Å². The van der Waals surface area contributed by atoms with Crippen LogP contribution in [0, 0.1) is 66.7 Å². The van der Waals surface area contributed by atoms with Gasteiger partial charge in [0.1, 0.15) is 31.7 Å². The third kappa shape index (κ3) is 91.8. The van der Waals surface area contributed by atoms with Crippen LogP contribution in [0.3, 0.4) is 0 Å². The van der Waals surface area contributed by atoms with E-state index in [1.165, 1.54) is 100.0 Å². The summed E-state index contributed by atoms with van der Waals surface area (Å²) in [6, 6.07) is 53.5. The monoisotopic (exact) mass is 1980 g/mol.